The summed E-state index contributed by atoms with van der Waals surface area (Å²) in [5.74, 6) is -0.621. The number of aromatic amines is 1. The highest BCUT2D eigenvalue weighted by Crippen LogP contribution is 2.31. The van der Waals surface area contributed by atoms with E-state index in [2.05, 4.69) is 10.2 Å². The van der Waals surface area contributed by atoms with Crippen LogP contribution in [-0.2, 0) is 23.9 Å². The number of amides is 1. The van der Waals surface area contributed by atoms with E-state index in [0.29, 0.717) is 13.0 Å². The summed E-state index contributed by atoms with van der Waals surface area (Å²) in [6, 6.07) is 4.19. The minimum absolute atomic E-state index is 0.0692. The monoisotopic (exact) mass is 325 g/mol. The van der Waals surface area contributed by atoms with Crippen LogP contribution >= 0.6 is 0 Å². The van der Waals surface area contributed by atoms with Gasteiger partial charge in [-0.05, 0) is 29.7 Å². The normalized spacial score (nSPS) is 16.1. The van der Waals surface area contributed by atoms with Crippen LogP contribution in [0.15, 0.2) is 30.5 Å². The average Bonchev–Trinajstić information content (AvgIpc) is 3.00. The van der Waals surface area contributed by atoms with Crippen molar-refractivity contribution in [1.82, 2.24) is 15.1 Å². The van der Waals surface area contributed by atoms with Gasteiger partial charge in [0.1, 0.15) is 0 Å². The first kappa shape index (κ1) is 15.5. The standard InChI is InChI=1S/C15H14F3N3O2/c16-15(17,18)11-3-1-2-9(6-11)13(22)14(23)21-5-4-10-7-19-20-12(10)8-21/h1-3,6-7,13,22H,4-5,8H2,(H,19,20). The molecule has 1 aliphatic heterocycles. The molecule has 0 bridgehead atoms. The van der Waals surface area contributed by atoms with Crippen molar-refractivity contribution in [1.29, 1.82) is 0 Å². The second-order valence-corrected chi connectivity index (χ2v) is 5.41. The number of halogens is 3. The number of rotatable bonds is 2. The van der Waals surface area contributed by atoms with E-state index in [-0.39, 0.29) is 12.1 Å². The molecule has 122 valence electrons. The first-order valence-electron chi connectivity index (χ1n) is 7.01. The lowest BCUT2D eigenvalue weighted by Gasteiger charge is -2.28. The minimum Gasteiger partial charge on any atom is -0.378 e. The smallest absolute Gasteiger partial charge is 0.378 e. The van der Waals surface area contributed by atoms with Crippen LogP contribution in [0.4, 0.5) is 13.2 Å². The highest BCUT2D eigenvalue weighted by molar-refractivity contribution is 5.82. The van der Waals surface area contributed by atoms with Gasteiger partial charge in [0.15, 0.2) is 6.10 Å². The fourth-order valence-corrected chi connectivity index (χ4v) is 2.60. The van der Waals surface area contributed by atoms with Crippen LogP contribution < -0.4 is 0 Å². The maximum atomic E-state index is 12.7. The van der Waals surface area contributed by atoms with Gasteiger partial charge in [0, 0.05) is 6.54 Å². The van der Waals surface area contributed by atoms with Gasteiger partial charge in [0.25, 0.3) is 5.91 Å². The molecule has 1 unspecified atom stereocenters. The van der Waals surface area contributed by atoms with Crippen LogP contribution in [0.25, 0.3) is 0 Å². The number of nitrogens with zero attached hydrogens (tertiary/aromatic N) is 2. The Bertz CT molecular complexity index is 727. The zero-order valence-electron chi connectivity index (χ0n) is 12.0. The van der Waals surface area contributed by atoms with Crippen LogP contribution in [0.1, 0.15) is 28.5 Å². The van der Waals surface area contributed by atoms with Gasteiger partial charge >= 0.3 is 6.18 Å². The number of aliphatic hydroxyl groups is 1. The molecule has 0 spiro atoms. The molecule has 1 aromatic carbocycles. The van der Waals surface area contributed by atoms with E-state index in [9.17, 15) is 23.1 Å². The van der Waals surface area contributed by atoms with Crippen molar-refractivity contribution in [3.63, 3.8) is 0 Å². The lowest BCUT2D eigenvalue weighted by molar-refractivity contribution is -0.142. The molecule has 2 aromatic rings. The number of hydrogen-bond donors (Lipinski definition) is 2. The first-order valence-corrected chi connectivity index (χ1v) is 7.01. The van der Waals surface area contributed by atoms with Gasteiger partial charge in [-0.15, -0.1) is 0 Å². The predicted octanol–water partition coefficient (Wildman–Crippen LogP) is 2.05. The van der Waals surface area contributed by atoms with Crippen molar-refractivity contribution in [2.75, 3.05) is 6.54 Å². The summed E-state index contributed by atoms with van der Waals surface area (Å²) in [7, 11) is 0. The van der Waals surface area contributed by atoms with Gasteiger partial charge in [-0.25, -0.2) is 0 Å². The number of fused-ring (bicyclic) bond motifs is 1. The number of nitrogens with one attached hydrogen (secondary N) is 1. The number of H-pyrrole nitrogens is 1. The highest BCUT2D eigenvalue weighted by Gasteiger charge is 2.33. The van der Waals surface area contributed by atoms with Crippen LogP contribution in [0.2, 0.25) is 0 Å². The maximum Gasteiger partial charge on any atom is 0.416 e. The molecule has 1 aliphatic rings. The Balaban J connectivity index is 1.78. The molecule has 2 heterocycles. The number of carbonyl (C=O) groups excluding carboxylic acids is 1. The summed E-state index contributed by atoms with van der Waals surface area (Å²) in [4.78, 5) is 13.8. The van der Waals surface area contributed by atoms with Crippen molar-refractivity contribution in [2.45, 2.75) is 25.2 Å². The Morgan fingerprint density at radius 2 is 2.17 bits per heavy atom. The van der Waals surface area contributed by atoms with Gasteiger partial charge in [-0.1, -0.05) is 12.1 Å². The van der Waals surface area contributed by atoms with Crippen LogP contribution in [0, 0.1) is 0 Å². The van der Waals surface area contributed by atoms with Crippen LogP contribution in [-0.4, -0.2) is 32.7 Å². The van der Waals surface area contributed by atoms with Gasteiger partial charge < -0.3 is 10.0 Å². The number of aliphatic hydroxyl groups excluding tert-OH is 1. The Hall–Kier alpha value is -2.35. The first-order chi connectivity index (χ1) is 10.9. The molecule has 0 radical (unpaired) electrons. The Labute approximate surface area is 129 Å². The third kappa shape index (κ3) is 3.07. The lowest BCUT2D eigenvalue weighted by atomic mass is 10.0. The van der Waals surface area contributed by atoms with Crippen molar-refractivity contribution in [2.24, 2.45) is 0 Å². The summed E-state index contributed by atoms with van der Waals surface area (Å²) in [6.45, 7) is 0.644. The number of hydrogen-bond acceptors (Lipinski definition) is 3. The Kier molecular flexibility index (Phi) is 3.85. The zero-order valence-corrected chi connectivity index (χ0v) is 12.0. The van der Waals surface area contributed by atoms with E-state index in [1.165, 1.54) is 17.0 Å². The van der Waals surface area contributed by atoms with E-state index >= 15 is 0 Å². The molecule has 8 heteroatoms. The molecule has 2 N–H and O–H groups in total. The Morgan fingerprint density at radius 3 is 2.91 bits per heavy atom. The lowest BCUT2D eigenvalue weighted by Crippen LogP contribution is -2.39. The molecule has 0 saturated heterocycles. The van der Waals surface area contributed by atoms with Crippen molar-refractivity contribution < 1.29 is 23.1 Å². The van der Waals surface area contributed by atoms with Crippen LogP contribution in [0.3, 0.4) is 0 Å². The van der Waals surface area contributed by atoms with Gasteiger partial charge in [0.05, 0.1) is 24.0 Å². The summed E-state index contributed by atoms with van der Waals surface area (Å²) < 4.78 is 38.2. The topological polar surface area (TPSA) is 69.2 Å². The number of carbonyl (C=O) groups is 1. The molecular formula is C15H14F3N3O2. The molecule has 1 amide bonds. The summed E-state index contributed by atoms with van der Waals surface area (Å²) in [6.07, 6.45) is -3.87. The highest BCUT2D eigenvalue weighted by atomic mass is 19.4. The molecule has 1 atom stereocenters. The van der Waals surface area contributed by atoms with Crippen LogP contribution in [0.5, 0.6) is 0 Å². The molecule has 0 aliphatic carbocycles. The summed E-state index contributed by atoms with van der Waals surface area (Å²) in [5.41, 5.74) is 0.819. The summed E-state index contributed by atoms with van der Waals surface area (Å²) in [5, 5.41) is 16.8. The second-order valence-electron chi connectivity index (χ2n) is 5.41. The number of alkyl halides is 3. The molecule has 0 fully saturated rings. The van der Waals surface area contributed by atoms with E-state index in [4.69, 9.17) is 0 Å². The van der Waals surface area contributed by atoms with E-state index in [0.717, 1.165) is 23.4 Å². The minimum atomic E-state index is -4.52. The van der Waals surface area contributed by atoms with E-state index in [1.54, 1.807) is 6.20 Å². The van der Waals surface area contributed by atoms with Gasteiger partial charge in [-0.2, -0.15) is 18.3 Å². The Morgan fingerprint density at radius 1 is 1.39 bits per heavy atom. The second kappa shape index (κ2) is 5.69. The third-order valence-corrected chi connectivity index (χ3v) is 3.88. The zero-order chi connectivity index (χ0) is 16.6. The molecule has 5 nitrogen and oxygen atoms in total. The molecule has 1 aromatic heterocycles. The molecule has 0 saturated carbocycles. The van der Waals surface area contributed by atoms with E-state index in [1.807, 2.05) is 0 Å². The van der Waals surface area contributed by atoms with Crippen molar-refractivity contribution in [3.05, 3.63) is 52.8 Å². The molecule has 3 rings (SSSR count). The SMILES string of the molecule is O=C(C(O)c1cccc(C(F)(F)F)c1)N1CCc2cn[nH]c2C1. The van der Waals surface area contributed by atoms with E-state index < -0.39 is 23.8 Å². The fraction of sp³-hybridized carbons (Fsp3) is 0.333. The summed E-state index contributed by atoms with van der Waals surface area (Å²) >= 11 is 0. The maximum absolute atomic E-state index is 12.7. The third-order valence-electron chi connectivity index (χ3n) is 3.88. The number of aromatic nitrogens is 2. The number of benzene rings is 1. The predicted molar refractivity (Wildman–Crippen MR) is 74.1 cm³/mol. The van der Waals surface area contributed by atoms with Crippen molar-refractivity contribution >= 4 is 5.91 Å². The molecule has 23 heavy (non-hydrogen) atoms. The van der Waals surface area contributed by atoms with Crippen molar-refractivity contribution in [3.8, 4) is 0 Å². The average molecular weight is 325 g/mol. The molecular weight excluding hydrogens is 311 g/mol. The van der Waals surface area contributed by atoms with Gasteiger partial charge in [-0.3, -0.25) is 9.89 Å². The largest absolute Gasteiger partial charge is 0.416 e. The van der Waals surface area contributed by atoms with Gasteiger partial charge in [0.2, 0.25) is 0 Å². The quantitative estimate of drug-likeness (QED) is 0.888. The fourth-order valence-electron chi connectivity index (χ4n) is 2.60.